The summed E-state index contributed by atoms with van der Waals surface area (Å²) >= 11 is 3.51. The predicted octanol–water partition coefficient (Wildman–Crippen LogP) is 1.96. The highest BCUT2D eigenvalue weighted by Crippen LogP contribution is 2.23. The van der Waals surface area contributed by atoms with E-state index in [1.807, 2.05) is 12.5 Å². The van der Waals surface area contributed by atoms with Gasteiger partial charge in [0.15, 0.2) is 0 Å². The van der Waals surface area contributed by atoms with Gasteiger partial charge in [-0.2, -0.15) is 0 Å². The first kappa shape index (κ1) is 9.21. The van der Waals surface area contributed by atoms with E-state index >= 15 is 0 Å². The molecule has 0 aliphatic carbocycles. The highest BCUT2D eigenvalue weighted by molar-refractivity contribution is 9.10. The van der Waals surface area contributed by atoms with E-state index in [9.17, 15) is 0 Å². The first-order valence-electron chi connectivity index (χ1n) is 4.76. The second-order valence-corrected chi connectivity index (χ2v) is 4.27. The molecule has 0 bridgehead atoms. The minimum atomic E-state index is 0.617. The molecule has 0 aromatic carbocycles. The Hall–Kier alpha value is -0.350. The smallest absolute Gasteiger partial charge is 0.105 e. The molecule has 1 atom stereocenters. The lowest BCUT2D eigenvalue weighted by atomic mass is 10.1. The van der Waals surface area contributed by atoms with Crippen LogP contribution >= 0.6 is 15.9 Å². The van der Waals surface area contributed by atoms with Gasteiger partial charge in [0, 0.05) is 6.04 Å². The number of hydrogen-bond donors (Lipinski definition) is 1. The molecule has 2 rings (SSSR count). The Morgan fingerprint density at radius 3 is 3.15 bits per heavy atom. The summed E-state index contributed by atoms with van der Waals surface area (Å²) in [7, 11) is 0. The molecule has 2 heterocycles. The fourth-order valence-electron chi connectivity index (χ4n) is 1.84. The van der Waals surface area contributed by atoms with Crippen LogP contribution in [0, 0.1) is 0 Å². The van der Waals surface area contributed by atoms with E-state index in [0.717, 1.165) is 17.7 Å². The maximum atomic E-state index is 4.12. The molecule has 1 unspecified atom stereocenters. The molecule has 0 saturated carbocycles. The third-order valence-electron chi connectivity index (χ3n) is 2.56. The van der Waals surface area contributed by atoms with Gasteiger partial charge in [0.05, 0.1) is 12.5 Å². The number of imidazole rings is 1. The van der Waals surface area contributed by atoms with Crippen molar-refractivity contribution in [2.24, 2.45) is 0 Å². The van der Waals surface area contributed by atoms with Crippen LogP contribution in [0.5, 0.6) is 0 Å². The molecule has 3 nitrogen and oxygen atoms in total. The van der Waals surface area contributed by atoms with Gasteiger partial charge in [0.2, 0.25) is 0 Å². The van der Waals surface area contributed by atoms with Crippen molar-refractivity contribution < 1.29 is 0 Å². The normalized spacial score (nSPS) is 24.2. The zero-order valence-electron chi connectivity index (χ0n) is 7.54. The molecule has 0 spiro atoms. The molecule has 1 aliphatic rings. The van der Waals surface area contributed by atoms with Crippen molar-refractivity contribution in [2.45, 2.75) is 25.3 Å². The summed E-state index contributed by atoms with van der Waals surface area (Å²) in [6, 6.07) is 0.617. The van der Waals surface area contributed by atoms with E-state index in [2.05, 4.69) is 30.8 Å². The zero-order valence-corrected chi connectivity index (χ0v) is 9.13. The first-order valence-corrected chi connectivity index (χ1v) is 5.55. The number of nitrogens with zero attached hydrogens (tertiary/aromatic N) is 2. The summed E-state index contributed by atoms with van der Waals surface area (Å²) in [5.74, 6) is 0. The summed E-state index contributed by atoms with van der Waals surface area (Å²) in [5.41, 5.74) is 0. The molecular weight excluding hydrogens is 230 g/mol. The monoisotopic (exact) mass is 243 g/mol. The Balaban J connectivity index is 2.10. The lowest BCUT2D eigenvalue weighted by molar-refractivity contribution is 0.448. The molecule has 0 amide bonds. The van der Waals surface area contributed by atoms with Crippen molar-refractivity contribution in [1.82, 2.24) is 14.9 Å². The van der Waals surface area contributed by atoms with Crippen molar-refractivity contribution in [3.8, 4) is 0 Å². The van der Waals surface area contributed by atoms with Crippen LogP contribution in [0.4, 0.5) is 0 Å². The van der Waals surface area contributed by atoms with Crippen LogP contribution < -0.4 is 5.32 Å². The van der Waals surface area contributed by atoms with E-state index in [4.69, 9.17) is 0 Å². The second kappa shape index (κ2) is 4.24. The predicted molar refractivity (Wildman–Crippen MR) is 55.7 cm³/mol. The van der Waals surface area contributed by atoms with E-state index in [1.54, 1.807) is 0 Å². The van der Waals surface area contributed by atoms with Gasteiger partial charge in [-0.05, 0) is 48.3 Å². The Bertz CT molecular complexity index is 264. The summed E-state index contributed by atoms with van der Waals surface area (Å²) in [6.45, 7) is 2.28. The highest BCUT2D eigenvalue weighted by Gasteiger charge is 2.14. The Morgan fingerprint density at radius 1 is 1.46 bits per heavy atom. The van der Waals surface area contributed by atoms with Crippen LogP contribution in [-0.2, 0) is 0 Å². The maximum absolute atomic E-state index is 4.12. The summed E-state index contributed by atoms with van der Waals surface area (Å²) in [6.07, 6.45) is 7.49. The Labute approximate surface area is 86.7 Å². The minimum absolute atomic E-state index is 0.617. The SMILES string of the molecule is Brc1cncn1C1CCCNCC1. The third kappa shape index (κ3) is 2.11. The largest absolute Gasteiger partial charge is 0.322 e. The van der Waals surface area contributed by atoms with Crippen molar-refractivity contribution in [3.05, 3.63) is 17.1 Å². The Morgan fingerprint density at radius 2 is 2.38 bits per heavy atom. The third-order valence-corrected chi connectivity index (χ3v) is 3.17. The molecule has 1 aromatic rings. The number of nitrogens with one attached hydrogen (secondary N) is 1. The van der Waals surface area contributed by atoms with Crippen LogP contribution in [0.2, 0.25) is 0 Å². The van der Waals surface area contributed by atoms with Gasteiger partial charge in [-0.1, -0.05) is 0 Å². The first-order chi connectivity index (χ1) is 6.38. The van der Waals surface area contributed by atoms with Gasteiger partial charge >= 0.3 is 0 Å². The average molecular weight is 244 g/mol. The van der Waals surface area contributed by atoms with Gasteiger partial charge in [0.25, 0.3) is 0 Å². The molecule has 72 valence electrons. The van der Waals surface area contributed by atoms with E-state index in [0.29, 0.717) is 6.04 Å². The van der Waals surface area contributed by atoms with Crippen LogP contribution in [0.25, 0.3) is 0 Å². The number of hydrogen-bond acceptors (Lipinski definition) is 2. The summed E-state index contributed by atoms with van der Waals surface area (Å²) in [5, 5.41) is 3.41. The van der Waals surface area contributed by atoms with Crippen molar-refractivity contribution in [3.63, 3.8) is 0 Å². The molecule has 4 heteroatoms. The van der Waals surface area contributed by atoms with Crippen LogP contribution in [0.3, 0.4) is 0 Å². The fraction of sp³-hybridized carbons (Fsp3) is 0.667. The van der Waals surface area contributed by atoms with Gasteiger partial charge in [-0.25, -0.2) is 4.98 Å². The van der Waals surface area contributed by atoms with E-state index < -0.39 is 0 Å². The van der Waals surface area contributed by atoms with Crippen LogP contribution in [-0.4, -0.2) is 22.6 Å². The molecule has 0 radical (unpaired) electrons. The van der Waals surface area contributed by atoms with E-state index in [1.165, 1.54) is 19.3 Å². The number of aromatic nitrogens is 2. The molecule has 1 aromatic heterocycles. The molecule has 1 fully saturated rings. The summed E-state index contributed by atoms with van der Waals surface area (Å²) in [4.78, 5) is 4.12. The van der Waals surface area contributed by atoms with Gasteiger partial charge < -0.3 is 9.88 Å². The topological polar surface area (TPSA) is 29.9 Å². The van der Waals surface area contributed by atoms with Gasteiger partial charge in [0.1, 0.15) is 4.60 Å². The molecular formula is C9H14BrN3. The number of rotatable bonds is 1. The van der Waals surface area contributed by atoms with E-state index in [-0.39, 0.29) is 0 Å². The average Bonchev–Trinajstić information content (AvgIpc) is 2.43. The minimum Gasteiger partial charge on any atom is -0.322 e. The Kier molecular flexibility index (Phi) is 3.01. The fourth-order valence-corrected chi connectivity index (χ4v) is 2.34. The lowest BCUT2D eigenvalue weighted by Gasteiger charge is -2.16. The molecule has 1 aliphatic heterocycles. The highest BCUT2D eigenvalue weighted by atomic mass is 79.9. The van der Waals surface area contributed by atoms with Gasteiger partial charge in [-0.3, -0.25) is 0 Å². The van der Waals surface area contributed by atoms with Crippen LogP contribution in [0.15, 0.2) is 17.1 Å². The lowest BCUT2D eigenvalue weighted by Crippen LogP contribution is -2.15. The summed E-state index contributed by atoms with van der Waals surface area (Å²) < 4.78 is 3.33. The second-order valence-electron chi connectivity index (χ2n) is 3.46. The quantitative estimate of drug-likeness (QED) is 0.818. The number of halogens is 1. The molecule has 13 heavy (non-hydrogen) atoms. The van der Waals surface area contributed by atoms with Crippen molar-refractivity contribution in [1.29, 1.82) is 0 Å². The zero-order chi connectivity index (χ0) is 9.10. The standard InChI is InChI=1S/C9H14BrN3/c10-9-6-12-7-13(9)8-2-1-4-11-5-3-8/h6-8,11H,1-5H2. The van der Waals surface area contributed by atoms with Gasteiger partial charge in [-0.15, -0.1) is 0 Å². The van der Waals surface area contributed by atoms with Crippen molar-refractivity contribution >= 4 is 15.9 Å². The van der Waals surface area contributed by atoms with Crippen molar-refractivity contribution in [2.75, 3.05) is 13.1 Å². The molecule has 1 N–H and O–H groups in total. The maximum Gasteiger partial charge on any atom is 0.105 e. The van der Waals surface area contributed by atoms with Crippen LogP contribution in [0.1, 0.15) is 25.3 Å². The molecule has 1 saturated heterocycles.